The van der Waals surface area contributed by atoms with Crippen molar-refractivity contribution in [2.24, 2.45) is 5.92 Å². The number of imidazole rings is 1. The minimum atomic E-state index is 0.0275. The van der Waals surface area contributed by atoms with Crippen molar-refractivity contribution >= 4 is 5.91 Å². The van der Waals surface area contributed by atoms with Gasteiger partial charge in [-0.05, 0) is 19.8 Å². The number of carbonyl (C=O) groups excluding carboxylic acids is 1. The Morgan fingerprint density at radius 3 is 2.90 bits per heavy atom. The molecule has 6 nitrogen and oxygen atoms in total. The lowest BCUT2D eigenvalue weighted by Gasteiger charge is -2.37. The minimum absolute atomic E-state index is 0.0275. The number of hydrogen-bond donors (Lipinski definition) is 0. The van der Waals surface area contributed by atoms with Gasteiger partial charge in [0.15, 0.2) is 0 Å². The van der Waals surface area contributed by atoms with Gasteiger partial charge in [-0.1, -0.05) is 0 Å². The summed E-state index contributed by atoms with van der Waals surface area (Å²) < 4.78 is 12.7. The van der Waals surface area contributed by atoms with Crippen molar-refractivity contribution in [1.29, 1.82) is 0 Å². The molecule has 1 amide bonds. The topological polar surface area (TPSA) is 56.6 Å². The van der Waals surface area contributed by atoms with E-state index in [1.807, 2.05) is 11.1 Å². The average molecular weight is 293 g/mol. The lowest BCUT2D eigenvalue weighted by Crippen LogP contribution is -2.45. The van der Waals surface area contributed by atoms with Gasteiger partial charge < -0.3 is 18.9 Å². The molecule has 0 saturated carbocycles. The zero-order valence-corrected chi connectivity index (χ0v) is 12.7. The van der Waals surface area contributed by atoms with Crippen molar-refractivity contribution in [2.45, 2.75) is 39.0 Å². The highest BCUT2D eigenvalue weighted by atomic mass is 16.5. The Balaban J connectivity index is 1.75. The fraction of sp³-hybridized carbons (Fsp3) is 0.733. The van der Waals surface area contributed by atoms with Crippen LogP contribution in [0.3, 0.4) is 0 Å². The molecule has 1 atom stereocenters. The number of carbonyl (C=O) groups is 1. The second-order valence-corrected chi connectivity index (χ2v) is 5.79. The molecule has 1 aromatic heterocycles. The van der Waals surface area contributed by atoms with Gasteiger partial charge in [0.25, 0.3) is 0 Å². The number of fused-ring (bicyclic) bond motifs is 1. The predicted octanol–water partition coefficient (Wildman–Crippen LogP) is 1.36. The van der Waals surface area contributed by atoms with E-state index < -0.39 is 0 Å². The van der Waals surface area contributed by atoms with Gasteiger partial charge in [-0.15, -0.1) is 0 Å². The van der Waals surface area contributed by atoms with E-state index in [9.17, 15) is 4.79 Å². The quantitative estimate of drug-likeness (QED) is 0.844. The summed E-state index contributed by atoms with van der Waals surface area (Å²) in [4.78, 5) is 19.2. The average Bonchev–Trinajstić information content (AvgIpc) is 2.92. The van der Waals surface area contributed by atoms with Crippen LogP contribution in [0.4, 0.5) is 0 Å². The van der Waals surface area contributed by atoms with Crippen LogP contribution in [-0.2, 0) is 27.4 Å². The zero-order valence-electron chi connectivity index (χ0n) is 12.7. The Morgan fingerprint density at radius 2 is 2.19 bits per heavy atom. The minimum Gasteiger partial charge on any atom is -0.381 e. The summed E-state index contributed by atoms with van der Waals surface area (Å²) in [6.45, 7) is 5.57. The third-order valence-corrected chi connectivity index (χ3v) is 4.52. The Bertz CT molecular complexity index is 508. The molecule has 0 aromatic carbocycles. The molecule has 0 N–H and O–H groups in total. The van der Waals surface area contributed by atoms with Gasteiger partial charge in [-0.25, -0.2) is 4.98 Å². The van der Waals surface area contributed by atoms with Gasteiger partial charge in [-0.3, -0.25) is 4.79 Å². The first-order valence-electron chi connectivity index (χ1n) is 7.64. The van der Waals surface area contributed by atoms with Crippen LogP contribution in [0.25, 0.3) is 0 Å². The molecular formula is C15H23N3O3. The van der Waals surface area contributed by atoms with Crippen LogP contribution in [0, 0.1) is 5.92 Å². The highest BCUT2D eigenvalue weighted by Crippen LogP contribution is 2.29. The summed E-state index contributed by atoms with van der Waals surface area (Å²) in [5.74, 6) is 1.34. The number of amides is 1. The first kappa shape index (κ1) is 14.5. The smallest absolute Gasteiger partial charge is 0.226 e. The summed E-state index contributed by atoms with van der Waals surface area (Å²) >= 11 is 0. The summed E-state index contributed by atoms with van der Waals surface area (Å²) in [5.41, 5.74) is 1.08. The van der Waals surface area contributed by atoms with Crippen molar-refractivity contribution < 1.29 is 14.3 Å². The fourth-order valence-corrected chi connectivity index (χ4v) is 3.30. The highest BCUT2D eigenvalue weighted by molar-refractivity contribution is 5.79. The maximum Gasteiger partial charge on any atom is 0.226 e. The van der Waals surface area contributed by atoms with Gasteiger partial charge in [0.1, 0.15) is 5.82 Å². The van der Waals surface area contributed by atoms with E-state index in [0.29, 0.717) is 19.8 Å². The number of methoxy groups -OCH3 is 1. The van der Waals surface area contributed by atoms with Gasteiger partial charge in [-0.2, -0.15) is 0 Å². The second-order valence-electron chi connectivity index (χ2n) is 5.79. The van der Waals surface area contributed by atoms with Crippen LogP contribution in [0.15, 0.2) is 6.20 Å². The van der Waals surface area contributed by atoms with Crippen molar-refractivity contribution in [2.75, 3.05) is 26.9 Å². The molecule has 0 unspecified atom stereocenters. The molecule has 1 aromatic rings. The van der Waals surface area contributed by atoms with Gasteiger partial charge >= 0.3 is 0 Å². The highest BCUT2D eigenvalue weighted by Gasteiger charge is 2.34. The maximum atomic E-state index is 12.7. The van der Waals surface area contributed by atoms with Crippen molar-refractivity contribution in [3.05, 3.63) is 17.7 Å². The largest absolute Gasteiger partial charge is 0.381 e. The Morgan fingerprint density at radius 1 is 1.43 bits per heavy atom. The lowest BCUT2D eigenvalue weighted by atomic mass is 9.97. The Kier molecular flexibility index (Phi) is 4.26. The molecule has 1 saturated heterocycles. The standard InChI is InChI=1S/C15H23N3O3/c1-11-14-16-9-13(10-20-2)18(14)6-5-17(11)15(19)12-3-7-21-8-4-12/h9,11-12H,3-8,10H2,1-2H3/t11-/m0/s1. The molecule has 2 aliphatic heterocycles. The SMILES string of the molecule is COCc1cnc2n1CCN(C(=O)C1CCOCC1)[C@H]2C. The maximum absolute atomic E-state index is 12.7. The monoisotopic (exact) mass is 293 g/mol. The van der Waals surface area contributed by atoms with E-state index in [0.717, 1.165) is 37.4 Å². The molecule has 0 spiro atoms. The van der Waals surface area contributed by atoms with E-state index in [1.165, 1.54) is 0 Å². The summed E-state index contributed by atoms with van der Waals surface area (Å²) in [5, 5.41) is 0. The van der Waals surface area contributed by atoms with E-state index in [2.05, 4.69) is 16.5 Å². The Hall–Kier alpha value is -1.40. The van der Waals surface area contributed by atoms with Crippen LogP contribution in [0.2, 0.25) is 0 Å². The zero-order chi connectivity index (χ0) is 14.8. The molecule has 3 heterocycles. The number of rotatable bonds is 3. The number of nitrogens with zero attached hydrogens (tertiary/aromatic N) is 3. The Labute approximate surface area is 125 Å². The van der Waals surface area contributed by atoms with Crippen LogP contribution >= 0.6 is 0 Å². The molecule has 3 rings (SSSR count). The number of ether oxygens (including phenoxy) is 2. The first-order valence-corrected chi connectivity index (χ1v) is 7.64. The van der Waals surface area contributed by atoms with Crippen LogP contribution < -0.4 is 0 Å². The molecule has 2 aliphatic rings. The molecule has 116 valence electrons. The molecule has 0 aliphatic carbocycles. The van der Waals surface area contributed by atoms with E-state index >= 15 is 0 Å². The van der Waals surface area contributed by atoms with E-state index in [1.54, 1.807) is 7.11 Å². The summed E-state index contributed by atoms with van der Waals surface area (Å²) in [6, 6.07) is 0.0275. The van der Waals surface area contributed by atoms with Crippen molar-refractivity contribution in [3.63, 3.8) is 0 Å². The van der Waals surface area contributed by atoms with Crippen molar-refractivity contribution in [3.8, 4) is 0 Å². The molecule has 6 heteroatoms. The van der Waals surface area contributed by atoms with E-state index in [4.69, 9.17) is 9.47 Å². The van der Waals surface area contributed by atoms with Crippen molar-refractivity contribution in [1.82, 2.24) is 14.5 Å². The third kappa shape index (κ3) is 2.70. The van der Waals surface area contributed by atoms with E-state index in [-0.39, 0.29) is 17.9 Å². The molecule has 0 radical (unpaired) electrons. The molecule has 0 bridgehead atoms. The number of hydrogen-bond acceptors (Lipinski definition) is 4. The lowest BCUT2D eigenvalue weighted by molar-refractivity contribution is -0.142. The predicted molar refractivity (Wildman–Crippen MR) is 76.6 cm³/mol. The third-order valence-electron chi connectivity index (χ3n) is 4.52. The molecule has 1 fully saturated rings. The van der Waals surface area contributed by atoms with Crippen LogP contribution in [0.1, 0.15) is 37.3 Å². The summed E-state index contributed by atoms with van der Waals surface area (Å²) in [6.07, 6.45) is 3.54. The fourth-order valence-electron chi connectivity index (χ4n) is 3.30. The van der Waals surface area contributed by atoms with Crippen LogP contribution in [-0.4, -0.2) is 47.2 Å². The number of aromatic nitrogens is 2. The summed E-state index contributed by atoms with van der Waals surface area (Å²) in [7, 11) is 1.69. The normalized spacial score (nSPS) is 23.1. The van der Waals surface area contributed by atoms with Crippen LogP contribution in [0.5, 0.6) is 0 Å². The van der Waals surface area contributed by atoms with Gasteiger partial charge in [0, 0.05) is 39.3 Å². The molecular weight excluding hydrogens is 270 g/mol. The molecule has 21 heavy (non-hydrogen) atoms. The van der Waals surface area contributed by atoms with Gasteiger partial charge in [0.05, 0.1) is 24.5 Å². The second kappa shape index (κ2) is 6.15. The van der Waals surface area contributed by atoms with Gasteiger partial charge in [0.2, 0.25) is 5.91 Å². The first-order chi connectivity index (χ1) is 10.2.